The first kappa shape index (κ1) is 20.9. The molecule has 1 amide bonds. The molecule has 1 aromatic heterocycles. The number of aromatic nitrogens is 2. The first-order chi connectivity index (χ1) is 14.2. The number of nitrogens with zero attached hydrogens (tertiary/aromatic N) is 3. The van der Waals surface area contributed by atoms with Crippen molar-refractivity contribution in [3.63, 3.8) is 0 Å². The van der Waals surface area contributed by atoms with Gasteiger partial charge in [0.25, 0.3) is 0 Å². The average Bonchev–Trinajstić information content (AvgIpc) is 3.10. The predicted molar refractivity (Wildman–Crippen MR) is 117 cm³/mol. The zero-order chi connectivity index (χ0) is 21.5. The van der Waals surface area contributed by atoms with Gasteiger partial charge in [0, 0.05) is 42.1 Å². The summed E-state index contributed by atoms with van der Waals surface area (Å²) in [5.41, 5.74) is 3.86. The molecule has 162 valence electrons. The molecule has 1 aliphatic carbocycles. The van der Waals surface area contributed by atoms with Crippen LogP contribution >= 0.6 is 0 Å². The number of carbonyl (C=O) groups is 1. The fourth-order valence-electron chi connectivity index (χ4n) is 4.19. The smallest absolute Gasteiger partial charge is 0.224 e. The van der Waals surface area contributed by atoms with Crippen molar-refractivity contribution in [3.8, 4) is 16.9 Å². The van der Waals surface area contributed by atoms with Crippen LogP contribution in [0.2, 0.25) is 0 Å². The number of aryl methyl sites for hydroxylation is 1. The number of sulfone groups is 1. The van der Waals surface area contributed by atoms with Crippen LogP contribution in [0.5, 0.6) is 5.75 Å². The van der Waals surface area contributed by atoms with E-state index in [1.165, 1.54) is 12.7 Å². The molecule has 0 radical (unpaired) electrons. The molecule has 1 atom stereocenters. The number of anilines is 1. The molecule has 1 saturated carbocycles. The molecular formula is C22H29N3O4S. The summed E-state index contributed by atoms with van der Waals surface area (Å²) in [7, 11) is -3.05. The van der Waals surface area contributed by atoms with Crippen molar-refractivity contribution in [1.29, 1.82) is 0 Å². The monoisotopic (exact) mass is 431 g/mol. The van der Waals surface area contributed by atoms with Gasteiger partial charge in [0.15, 0.2) is 0 Å². The zero-order valence-corrected chi connectivity index (χ0v) is 18.6. The summed E-state index contributed by atoms with van der Waals surface area (Å²) in [6, 6.07) is 4.17. The minimum absolute atomic E-state index is 0.0411. The van der Waals surface area contributed by atoms with Gasteiger partial charge in [0.2, 0.25) is 5.91 Å². The van der Waals surface area contributed by atoms with Crippen molar-refractivity contribution in [2.24, 2.45) is 0 Å². The van der Waals surface area contributed by atoms with Gasteiger partial charge < -0.3 is 9.64 Å². The maximum atomic E-state index is 12.3. The second-order valence-electron chi connectivity index (χ2n) is 8.51. The molecule has 2 heterocycles. The van der Waals surface area contributed by atoms with E-state index in [4.69, 9.17) is 4.74 Å². The summed E-state index contributed by atoms with van der Waals surface area (Å²) in [6.07, 6.45) is 10.1. The van der Waals surface area contributed by atoms with E-state index in [1.54, 1.807) is 17.8 Å². The van der Waals surface area contributed by atoms with Crippen molar-refractivity contribution in [3.05, 3.63) is 30.1 Å². The van der Waals surface area contributed by atoms with Crippen LogP contribution in [0, 0.1) is 0 Å². The third-order valence-corrected chi connectivity index (χ3v) is 6.98. The Labute approximate surface area is 177 Å². The molecule has 1 unspecified atom stereocenters. The molecule has 2 aromatic rings. The first-order valence-electron chi connectivity index (χ1n) is 10.6. The Morgan fingerprint density at radius 2 is 2.03 bits per heavy atom. The van der Waals surface area contributed by atoms with Crippen molar-refractivity contribution < 1.29 is 17.9 Å². The van der Waals surface area contributed by atoms with Crippen LogP contribution in [0.1, 0.15) is 45.1 Å². The average molecular weight is 432 g/mol. The highest BCUT2D eigenvalue weighted by Crippen LogP contribution is 2.44. The predicted octanol–water partition coefficient (Wildman–Crippen LogP) is 3.21. The molecule has 8 heteroatoms. The maximum absolute atomic E-state index is 12.3. The lowest BCUT2D eigenvalue weighted by Gasteiger charge is -2.37. The number of hydrogen-bond acceptors (Lipinski definition) is 5. The van der Waals surface area contributed by atoms with Crippen LogP contribution in [0.4, 0.5) is 5.69 Å². The lowest BCUT2D eigenvalue weighted by Crippen LogP contribution is -2.41. The SMILES string of the molecule is CC(=O)N1c2ccc(-c3cnn(CCS(C)(=O)=O)c3)c(OC3CCC3)c2CCC1C. The van der Waals surface area contributed by atoms with Crippen molar-refractivity contribution in [2.45, 2.75) is 64.6 Å². The highest BCUT2D eigenvalue weighted by molar-refractivity contribution is 7.90. The highest BCUT2D eigenvalue weighted by atomic mass is 32.2. The van der Waals surface area contributed by atoms with E-state index in [2.05, 4.69) is 12.0 Å². The molecule has 30 heavy (non-hydrogen) atoms. The molecule has 2 aliphatic rings. The number of amides is 1. The number of ether oxygens (including phenoxy) is 1. The Morgan fingerprint density at radius 1 is 1.27 bits per heavy atom. The van der Waals surface area contributed by atoms with E-state index in [0.29, 0.717) is 6.54 Å². The van der Waals surface area contributed by atoms with Gasteiger partial charge in [-0.15, -0.1) is 0 Å². The molecule has 7 nitrogen and oxygen atoms in total. The third kappa shape index (κ3) is 4.24. The minimum atomic E-state index is -3.05. The summed E-state index contributed by atoms with van der Waals surface area (Å²) >= 11 is 0. The van der Waals surface area contributed by atoms with Crippen LogP contribution in [-0.4, -0.2) is 48.3 Å². The quantitative estimate of drug-likeness (QED) is 0.701. The Bertz CT molecular complexity index is 1060. The zero-order valence-electron chi connectivity index (χ0n) is 17.8. The van der Waals surface area contributed by atoms with Gasteiger partial charge >= 0.3 is 0 Å². The van der Waals surface area contributed by atoms with Gasteiger partial charge in [-0.3, -0.25) is 9.48 Å². The van der Waals surface area contributed by atoms with Gasteiger partial charge in [-0.05, 0) is 51.2 Å². The van der Waals surface area contributed by atoms with Crippen molar-refractivity contribution in [1.82, 2.24) is 9.78 Å². The Balaban J connectivity index is 1.73. The third-order valence-electron chi connectivity index (χ3n) is 6.06. The van der Waals surface area contributed by atoms with Crippen molar-refractivity contribution >= 4 is 21.4 Å². The van der Waals surface area contributed by atoms with Crippen LogP contribution in [0.3, 0.4) is 0 Å². The van der Waals surface area contributed by atoms with E-state index in [0.717, 1.165) is 53.8 Å². The molecule has 0 saturated heterocycles. The fourth-order valence-corrected chi connectivity index (χ4v) is 4.70. The van der Waals surface area contributed by atoms with Crippen LogP contribution < -0.4 is 9.64 Å². The summed E-state index contributed by atoms with van der Waals surface area (Å²) in [5, 5.41) is 4.35. The van der Waals surface area contributed by atoms with Crippen LogP contribution in [-0.2, 0) is 27.6 Å². The van der Waals surface area contributed by atoms with E-state index < -0.39 is 9.84 Å². The lowest BCUT2D eigenvalue weighted by atomic mass is 9.91. The van der Waals surface area contributed by atoms with E-state index >= 15 is 0 Å². The fraction of sp³-hybridized carbons (Fsp3) is 0.545. The Hall–Kier alpha value is -2.35. The van der Waals surface area contributed by atoms with Gasteiger partial charge in [0.05, 0.1) is 30.3 Å². The molecule has 4 rings (SSSR count). The normalized spacial score (nSPS) is 19.3. The second kappa shape index (κ2) is 8.06. The number of fused-ring (bicyclic) bond motifs is 1. The first-order valence-corrected chi connectivity index (χ1v) is 12.6. The number of hydrogen-bond donors (Lipinski definition) is 0. The van der Waals surface area contributed by atoms with Crippen LogP contribution in [0.25, 0.3) is 11.1 Å². The summed E-state index contributed by atoms with van der Waals surface area (Å²) < 4.78 is 31.1. The lowest BCUT2D eigenvalue weighted by molar-refractivity contribution is -0.117. The maximum Gasteiger partial charge on any atom is 0.224 e. The van der Waals surface area contributed by atoms with Gasteiger partial charge in [0.1, 0.15) is 15.6 Å². The van der Waals surface area contributed by atoms with Gasteiger partial charge in [-0.1, -0.05) is 0 Å². The Kier molecular flexibility index (Phi) is 5.61. The van der Waals surface area contributed by atoms with E-state index in [1.807, 2.05) is 23.2 Å². The molecule has 1 aliphatic heterocycles. The molecule has 0 bridgehead atoms. The summed E-state index contributed by atoms with van der Waals surface area (Å²) in [6.45, 7) is 4.01. The highest BCUT2D eigenvalue weighted by Gasteiger charge is 2.31. The minimum Gasteiger partial charge on any atom is -0.489 e. The van der Waals surface area contributed by atoms with Crippen molar-refractivity contribution in [2.75, 3.05) is 16.9 Å². The van der Waals surface area contributed by atoms with E-state index in [9.17, 15) is 13.2 Å². The number of rotatable bonds is 6. The molecule has 0 N–H and O–H groups in total. The molecule has 1 fully saturated rings. The Morgan fingerprint density at radius 3 is 2.67 bits per heavy atom. The topological polar surface area (TPSA) is 81.5 Å². The van der Waals surface area contributed by atoms with Gasteiger partial charge in [-0.2, -0.15) is 5.10 Å². The second-order valence-corrected chi connectivity index (χ2v) is 10.8. The van der Waals surface area contributed by atoms with Crippen LogP contribution in [0.15, 0.2) is 24.5 Å². The largest absolute Gasteiger partial charge is 0.489 e. The summed E-state index contributed by atoms with van der Waals surface area (Å²) in [5.74, 6) is 0.937. The molecule has 1 aromatic carbocycles. The standard InChI is InChI=1S/C22H29N3O4S/c1-15-7-8-20-21(25(15)16(2)26)10-9-19(22(20)29-18-5-4-6-18)17-13-23-24(14-17)11-12-30(3,27)28/h9-10,13-15,18H,4-8,11-12H2,1-3H3. The van der Waals surface area contributed by atoms with Gasteiger partial charge in [-0.25, -0.2) is 8.42 Å². The summed E-state index contributed by atoms with van der Waals surface area (Å²) in [4.78, 5) is 14.2. The molecular weight excluding hydrogens is 402 g/mol. The molecule has 0 spiro atoms. The number of benzene rings is 1. The van der Waals surface area contributed by atoms with E-state index in [-0.39, 0.29) is 23.8 Å². The number of carbonyl (C=O) groups excluding carboxylic acids is 1.